The molecule has 1 aliphatic rings. The third-order valence-electron chi connectivity index (χ3n) is 4.94. The molecule has 0 spiro atoms. The lowest BCUT2D eigenvalue weighted by Gasteiger charge is -2.37. The standard InChI is InChI=1S/C19H26F2N2O2/c1-3-22(4-2)15-9-11-23(12-10-15)19(25)8-7-18(24)16-6-5-14(20)13-17(16)21/h5-6,13,15H,3-4,7-12H2,1-2H3. The van der Waals surface area contributed by atoms with Gasteiger partial charge < -0.3 is 9.80 Å². The van der Waals surface area contributed by atoms with Crippen molar-refractivity contribution in [1.29, 1.82) is 0 Å². The summed E-state index contributed by atoms with van der Waals surface area (Å²) in [5.41, 5.74) is -0.158. The Labute approximate surface area is 147 Å². The number of Topliss-reactive ketones (excluding diaryl/α,β-unsaturated/α-hetero) is 1. The van der Waals surface area contributed by atoms with E-state index in [2.05, 4.69) is 18.7 Å². The first-order chi connectivity index (χ1) is 12.0. The van der Waals surface area contributed by atoms with Crippen molar-refractivity contribution in [2.75, 3.05) is 26.2 Å². The molecule has 0 aliphatic carbocycles. The first kappa shape index (κ1) is 19.5. The summed E-state index contributed by atoms with van der Waals surface area (Å²) in [7, 11) is 0. The predicted molar refractivity (Wildman–Crippen MR) is 92.4 cm³/mol. The van der Waals surface area contributed by atoms with E-state index in [1.54, 1.807) is 4.90 Å². The van der Waals surface area contributed by atoms with Gasteiger partial charge >= 0.3 is 0 Å². The maximum Gasteiger partial charge on any atom is 0.223 e. The molecule has 1 aliphatic heterocycles. The lowest BCUT2D eigenvalue weighted by Crippen LogP contribution is -2.46. The van der Waals surface area contributed by atoms with Crippen molar-refractivity contribution in [2.24, 2.45) is 0 Å². The minimum absolute atomic E-state index is 0.0582. The van der Waals surface area contributed by atoms with Gasteiger partial charge in [0.2, 0.25) is 5.91 Å². The van der Waals surface area contributed by atoms with Gasteiger partial charge in [0.05, 0.1) is 5.56 Å². The molecule has 1 aromatic carbocycles. The van der Waals surface area contributed by atoms with E-state index >= 15 is 0 Å². The van der Waals surface area contributed by atoms with Gasteiger partial charge in [-0.2, -0.15) is 0 Å². The number of nitrogens with zero attached hydrogens (tertiary/aromatic N) is 2. The second-order valence-corrected chi connectivity index (χ2v) is 6.38. The number of halogens is 2. The van der Waals surface area contributed by atoms with E-state index in [9.17, 15) is 18.4 Å². The van der Waals surface area contributed by atoms with Gasteiger partial charge in [-0.05, 0) is 38.1 Å². The van der Waals surface area contributed by atoms with Crippen LogP contribution in [-0.2, 0) is 4.79 Å². The monoisotopic (exact) mass is 352 g/mol. The molecule has 1 heterocycles. The van der Waals surface area contributed by atoms with E-state index in [0.717, 1.165) is 38.1 Å². The smallest absolute Gasteiger partial charge is 0.223 e. The Balaban J connectivity index is 1.82. The zero-order chi connectivity index (χ0) is 18.4. The number of benzene rings is 1. The number of piperidine rings is 1. The zero-order valence-corrected chi connectivity index (χ0v) is 14.9. The lowest BCUT2D eigenvalue weighted by molar-refractivity contribution is -0.132. The summed E-state index contributed by atoms with van der Waals surface area (Å²) in [4.78, 5) is 28.5. The topological polar surface area (TPSA) is 40.6 Å². The summed E-state index contributed by atoms with van der Waals surface area (Å²) in [5.74, 6) is -2.14. The molecule has 0 atom stereocenters. The van der Waals surface area contributed by atoms with Gasteiger partial charge in [0.1, 0.15) is 11.6 Å². The Bertz CT molecular complexity index is 609. The number of ketones is 1. The van der Waals surface area contributed by atoms with Gasteiger partial charge in [-0.3, -0.25) is 9.59 Å². The minimum Gasteiger partial charge on any atom is -0.343 e. The average Bonchev–Trinajstić information content (AvgIpc) is 2.61. The predicted octanol–water partition coefficient (Wildman–Crippen LogP) is 3.26. The molecule has 0 aromatic heterocycles. The average molecular weight is 352 g/mol. The third-order valence-corrected chi connectivity index (χ3v) is 4.94. The van der Waals surface area contributed by atoms with E-state index in [4.69, 9.17) is 0 Å². The van der Waals surface area contributed by atoms with Crippen molar-refractivity contribution in [3.05, 3.63) is 35.4 Å². The van der Waals surface area contributed by atoms with Crippen LogP contribution in [0.15, 0.2) is 18.2 Å². The first-order valence-electron chi connectivity index (χ1n) is 8.96. The number of rotatable bonds is 7. The molecular weight excluding hydrogens is 326 g/mol. The Morgan fingerprint density at radius 3 is 2.32 bits per heavy atom. The summed E-state index contributed by atoms with van der Waals surface area (Å²) < 4.78 is 26.5. The van der Waals surface area contributed by atoms with E-state index in [-0.39, 0.29) is 24.3 Å². The highest BCUT2D eigenvalue weighted by molar-refractivity contribution is 5.98. The van der Waals surface area contributed by atoms with Gasteiger partial charge in [-0.1, -0.05) is 13.8 Å². The molecule has 0 radical (unpaired) electrons. The summed E-state index contributed by atoms with van der Waals surface area (Å²) in [6.07, 6.45) is 1.88. The fraction of sp³-hybridized carbons (Fsp3) is 0.579. The van der Waals surface area contributed by atoms with E-state index < -0.39 is 17.4 Å². The fourth-order valence-corrected chi connectivity index (χ4v) is 3.45. The fourth-order valence-electron chi connectivity index (χ4n) is 3.45. The number of carbonyl (C=O) groups is 2. The van der Waals surface area contributed by atoms with Crippen molar-refractivity contribution >= 4 is 11.7 Å². The molecule has 0 saturated carbocycles. The Hall–Kier alpha value is -1.82. The van der Waals surface area contributed by atoms with Gasteiger partial charge in [-0.15, -0.1) is 0 Å². The van der Waals surface area contributed by atoms with Crippen LogP contribution in [0.2, 0.25) is 0 Å². The summed E-state index contributed by atoms with van der Waals surface area (Å²) in [6, 6.07) is 3.38. The quantitative estimate of drug-likeness (QED) is 0.707. The van der Waals surface area contributed by atoms with E-state index in [1.165, 1.54) is 0 Å². The van der Waals surface area contributed by atoms with Crippen molar-refractivity contribution in [2.45, 2.75) is 45.6 Å². The van der Waals surface area contributed by atoms with Crippen LogP contribution in [0.25, 0.3) is 0 Å². The molecule has 1 aromatic rings. The Morgan fingerprint density at radius 1 is 1.12 bits per heavy atom. The van der Waals surface area contributed by atoms with Crippen LogP contribution in [0.1, 0.15) is 49.9 Å². The highest BCUT2D eigenvalue weighted by Crippen LogP contribution is 2.18. The SMILES string of the molecule is CCN(CC)C1CCN(C(=O)CCC(=O)c2ccc(F)cc2F)CC1. The second-order valence-electron chi connectivity index (χ2n) is 6.38. The van der Waals surface area contributed by atoms with E-state index in [1.807, 2.05) is 0 Å². The molecule has 0 unspecified atom stereocenters. The van der Waals surface area contributed by atoms with Crippen molar-refractivity contribution in [1.82, 2.24) is 9.80 Å². The largest absolute Gasteiger partial charge is 0.343 e. The van der Waals surface area contributed by atoms with Crippen LogP contribution in [0, 0.1) is 11.6 Å². The molecule has 2 rings (SSSR count). The molecule has 25 heavy (non-hydrogen) atoms. The Kier molecular flexibility index (Phi) is 7.05. The third kappa shape index (κ3) is 5.08. The van der Waals surface area contributed by atoms with Gasteiger partial charge in [0.15, 0.2) is 5.78 Å². The maximum absolute atomic E-state index is 13.6. The number of hydrogen-bond donors (Lipinski definition) is 0. The molecule has 0 bridgehead atoms. The van der Waals surface area contributed by atoms with Crippen molar-refractivity contribution in [3.8, 4) is 0 Å². The minimum atomic E-state index is -0.877. The van der Waals surface area contributed by atoms with Crippen LogP contribution in [-0.4, -0.2) is 53.7 Å². The van der Waals surface area contributed by atoms with Crippen LogP contribution in [0.4, 0.5) is 8.78 Å². The molecule has 6 heteroatoms. The van der Waals surface area contributed by atoms with Crippen LogP contribution in [0.5, 0.6) is 0 Å². The number of carbonyl (C=O) groups excluding carboxylic acids is 2. The second kappa shape index (κ2) is 9.04. The summed E-state index contributed by atoms with van der Waals surface area (Å²) >= 11 is 0. The number of hydrogen-bond acceptors (Lipinski definition) is 3. The van der Waals surface area contributed by atoms with Gasteiger partial charge in [-0.25, -0.2) is 8.78 Å². The maximum atomic E-state index is 13.6. The van der Waals surface area contributed by atoms with Crippen LogP contribution >= 0.6 is 0 Å². The molecule has 1 amide bonds. The molecule has 1 saturated heterocycles. The molecular formula is C19H26F2N2O2. The zero-order valence-electron chi connectivity index (χ0n) is 14.9. The van der Waals surface area contributed by atoms with Crippen molar-refractivity contribution in [3.63, 3.8) is 0 Å². The first-order valence-corrected chi connectivity index (χ1v) is 8.96. The summed E-state index contributed by atoms with van der Waals surface area (Å²) in [5, 5.41) is 0. The summed E-state index contributed by atoms with van der Waals surface area (Å²) in [6.45, 7) is 7.68. The highest BCUT2D eigenvalue weighted by Gasteiger charge is 2.26. The van der Waals surface area contributed by atoms with E-state index in [0.29, 0.717) is 25.2 Å². The number of likely N-dealkylation sites (tertiary alicyclic amines) is 1. The Morgan fingerprint density at radius 2 is 1.76 bits per heavy atom. The molecule has 138 valence electrons. The normalized spacial score (nSPS) is 15.6. The molecule has 0 N–H and O–H groups in total. The number of amides is 1. The lowest BCUT2D eigenvalue weighted by atomic mass is 10.0. The van der Waals surface area contributed by atoms with Gasteiger partial charge in [0, 0.05) is 38.0 Å². The van der Waals surface area contributed by atoms with Crippen LogP contribution < -0.4 is 0 Å². The molecule has 1 fully saturated rings. The molecule has 4 nitrogen and oxygen atoms in total. The van der Waals surface area contributed by atoms with Gasteiger partial charge in [0.25, 0.3) is 0 Å². The van der Waals surface area contributed by atoms with Crippen LogP contribution in [0.3, 0.4) is 0 Å². The van der Waals surface area contributed by atoms with Crippen molar-refractivity contribution < 1.29 is 18.4 Å². The highest BCUT2D eigenvalue weighted by atomic mass is 19.1.